The van der Waals surface area contributed by atoms with Crippen LogP contribution in [-0.2, 0) is 4.74 Å². The first-order chi connectivity index (χ1) is 11.9. The third-order valence-corrected chi connectivity index (χ3v) is 5.80. The molecule has 0 radical (unpaired) electrons. The van der Waals surface area contributed by atoms with E-state index < -0.39 is 23.8 Å². The Bertz CT molecular complexity index is 911. The van der Waals surface area contributed by atoms with Crippen LogP contribution in [0.15, 0.2) is 24.0 Å². The minimum Gasteiger partial charge on any atom is -0.394 e. The number of halogens is 1. The standard InChI is InChI=1S/C16H18FN5O2S/c1-8-11(6-23)24-13(16(8,2)17)10-5-9(15-19-3-4-25-15)12-14(18)20-7-21-22(10)12/h3-5,7-8,11,13,23H,6H2,1-2H3,(H2,18,20,21)/t8-,11-,13+,16-/m1/s1. The van der Waals surface area contributed by atoms with Gasteiger partial charge in [0.2, 0.25) is 0 Å². The Morgan fingerprint density at radius 3 is 2.92 bits per heavy atom. The molecule has 0 unspecified atom stereocenters. The van der Waals surface area contributed by atoms with Crippen molar-refractivity contribution in [1.82, 2.24) is 19.6 Å². The number of alkyl halides is 1. The van der Waals surface area contributed by atoms with Crippen LogP contribution in [-0.4, -0.2) is 43.1 Å². The molecular weight excluding hydrogens is 345 g/mol. The smallest absolute Gasteiger partial charge is 0.152 e. The van der Waals surface area contributed by atoms with Crippen LogP contribution in [0.5, 0.6) is 0 Å². The van der Waals surface area contributed by atoms with E-state index in [0.29, 0.717) is 11.2 Å². The number of nitrogens with two attached hydrogens (primary N) is 1. The molecule has 0 saturated carbocycles. The summed E-state index contributed by atoms with van der Waals surface area (Å²) < 4.78 is 22.8. The van der Waals surface area contributed by atoms with E-state index in [-0.39, 0.29) is 12.4 Å². The second-order valence-electron chi connectivity index (χ2n) is 6.40. The first kappa shape index (κ1) is 16.4. The van der Waals surface area contributed by atoms with Crippen molar-refractivity contribution in [3.05, 3.63) is 29.7 Å². The number of nitrogens with zero attached hydrogens (tertiary/aromatic N) is 4. The van der Waals surface area contributed by atoms with Crippen molar-refractivity contribution in [2.24, 2.45) is 5.92 Å². The van der Waals surface area contributed by atoms with Gasteiger partial charge in [-0.3, -0.25) is 0 Å². The first-order valence-corrected chi connectivity index (χ1v) is 8.80. The largest absolute Gasteiger partial charge is 0.394 e. The predicted molar refractivity (Wildman–Crippen MR) is 91.9 cm³/mol. The van der Waals surface area contributed by atoms with Crippen molar-refractivity contribution in [3.8, 4) is 10.6 Å². The zero-order valence-electron chi connectivity index (χ0n) is 13.8. The summed E-state index contributed by atoms with van der Waals surface area (Å²) >= 11 is 1.45. The van der Waals surface area contributed by atoms with Gasteiger partial charge in [0.15, 0.2) is 5.82 Å². The summed E-state index contributed by atoms with van der Waals surface area (Å²) in [5, 5.41) is 16.3. The number of hydrogen-bond donors (Lipinski definition) is 2. The second kappa shape index (κ2) is 5.72. The lowest BCUT2D eigenvalue weighted by Crippen LogP contribution is -2.32. The molecule has 0 aromatic carbocycles. The lowest BCUT2D eigenvalue weighted by atomic mass is 9.86. The van der Waals surface area contributed by atoms with Crippen LogP contribution in [0, 0.1) is 5.92 Å². The topological polar surface area (TPSA) is 98.6 Å². The summed E-state index contributed by atoms with van der Waals surface area (Å²) in [6.07, 6.45) is 1.57. The maximum atomic E-state index is 15.4. The molecule has 0 amide bonds. The van der Waals surface area contributed by atoms with E-state index in [4.69, 9.17) is 10.5 Å². The van der Waals surface area contributed by atoms with Crippen LogP contribution >= 0.6 is 11.3 Å². The van der Waals surface area contributed by atoms with Gasteiger partial charge in [0.1, 0.15) is 28.6 Å². The fourth-order valence-electron chi connectivity index (χ4n) is 3.39. The van der Waals surface area contributed by atoms with Crippen molar-refractivity contribution in [1.29, 1.82) is 0 Å². The summed E-state index contributed by atoms with van der Waals surface area (Å²) in [4.78, 5) is 8.37. The van der Waals surface area contributed by atoms with Gasteiger partial charge in [-0.15, -0.1) is 11.3 Å². The van der Waals surface area contributed by atoms with E-state index in [9.17, 15) is 5.11 Å². The van der Waals surface area contributed by atoms with Crippen molar-refractivity contribution in [2.75, 3.05) is 12.3 Å². The molecule has 3 aromatic rings. The molecule has 1 fully saturated rings. The van der Waals surface area contributed by atoms with Gasteiger partial charge in [0.05, 0.1) is 18.4 Å². The zero-order chi connectivity index (χ0) is 17.8. The van der Waals surface area contributed by atoms with Crippen LogP contribution in [0.1, 0.15) is 25.6 Å². The minimum absolute atomic E-state index is 0.239. The van der Waals surface area contributed by atoms with Crippen LogP contribution in [0.25, 0.3) is 16.1 Å². The highest BCUT2D eigenvalue weighted by molar-refractivity contribution is 7.13. The zero-order valence-corrected chi connectivity index (χ0v) is 14.6. The van der Waals surface area contributed by atoms with Gasteiger partial charge in [-0.1, -0.05) is 6.92 Å². The fourth-order valence-corrected chi connectivity index (χ4v) is 4.04. The molecule has 25 heavy (non-hydrogen) atoms. The fraction of sp³-hybridized carbons (Fsp3) is 0.438. The number of anilines is 1. The maximum absolute atomic E-state index is 15.4. The first-order valence-electron chi connectivity index (χ1n) is 7.92. The van der Waals surface area contributed by atoms with Crippen LogP contribution in [0.4, 0.5) is 10.2 Å². The number of hydrogen-bond acceptors (Lipinski definition) is 7. The highest BCUT2D eigenvalue weighted by Crippen LogP contribution is 2.49. The number of nitrogen functional groups attached to an aromatic ring is 1. The lowest BCUT2D eigenvalue weighted by molar-refractivity contribution is -0.0200. The molecule has 1 aliphatic rings. The number of aliphatic hydroxyl groups is 1. The molecule has 9 heteroatoms. The van der Waals surface area contributed by atoms with E-state index in [0.717, 1.165) is 10.6 Å². The Morgan fingerprint density at radius 2 is 2.28 bits per heavy atom. The molecule has 4 atom stereocenters. The molecule has 3 aromatic heterocycles. The monoisotopic (exact) mass is 363 g/mol. The van der Waals surface area contributed by atoms with Gasteiger partial charge < -0.3 is 15.6 Å². The van der Waals surface area contributed by atoms with Gasteiger partial charge in [0, 0.05) is 23.1 Å². The van der Waals surface area contributed by atoms with Gasteiger partial charge in [-0.2, -0.15) is 5.10 Å². The third kappa shape index (κ3) is 2.34. The van der Waals surface area contributed by atoms with Crippen molar-refractivity contribution < 1.29 is 14.2 Å². The van der Waals surface area contributed by atoms with Crippen molar-refractivity contribution >= 4 is 22.7 Å². The molecule has 7 nitrogen and oxygen atoms in total. The van der Waals surface area contributed by atoms with Gasteiger partial charge in [0.25, 0.3) is 0 Å². The molecule has 1 saturated heterocycles. The molecular formula is C16H18FN5O2S. The quantitative estimate of drug-likeness (QED) is 0.740. The number of thiazole rings is 1. The van der Waals surface area contributed by atoms with E-state index in [1.165, 1.54) is 24.6 Å². The van der Waals surface area contributed by atoms with E-state index in [1.807, 2.05) is 5.38 Å². The van der Waals surface area contributed by atoms with Gasteiger partial charge in [-0.05, 0) is 13.0 Å². The number of aliphatic hydroxyl groups excluding tert-OH is 1. The Kier molecular flexibility index (Phi) is 3.75. The Hall–Kier alpha value is -2.10. The molecule has 1 aliphatic heterocycles. The Labute approximate surface area is 147 Å². The summed E-state index contributed by atoms with van der Waals surface area (Å²) in [5.74, 6) is -0.174. The van der Waals surface area contributed by atoms with Crippen molar-refractivity contribution in [3.63, 3.8) is 0 Å². The molecule has 0 spiro atoms. The number of fused-ring (bicyclic) bond motifs is 1. The highest BCUT2D eigenvalue weighted by Gasteiger charge is 2.53. The molecule has 132 valence electrons. The third-order valence-electron chi connectivity index (χ3n) is 4.99. The van der Waals surface area contributed by atoms with Gasteiger partial charge in [-0.25, -0.2) is 18.9 Å². The summed E-state index contributed by atoms with van der Waals surface area (Å²) in [6.45, 7) is 2.99. The van der Waals surface area contributed by atoms with E-state index in [1.54, 1.807) is 23.7 Å². The van der Waals surface area contributed by atoms with Crippen LogP contribution in [0.3, 0.4) is 0 Å². The summed E-state index contributed by atoms with van der Waals surface area (Å²) in [6, 6.07) is 1.80. The Morgan fingerprint density at radius 1 is 1.48 bits per heavy atom. The van der Waals surface area contributed by atoms with Crippen LogP contribution < -0.4 is 5.73 Å². The van der Waals surface area contributed by atoms with Crippen LogP contribution in [0.2, 0.25) is 0 Å². The normalized spacial score (nSPS) is 29.5. The molecule has 0 aliphatic carbocycles. The molecule has 4 heterocycles. The predicted octanol–water partition coefficient (Wildman–Crippen LogP) is 2.23. The van der Waals surface area contributed by atoms with E-state index >= 15 is 4.39 Å². The maximum Gasteiger partial charge on any atom is 0.152 e. The van der Waals surface area contributed by atoms with E-state index in [2.05, 4.69) is 15.1 Å². The second-order valence-corrected chi connectivity index (χ2v) is 7.30. The molecule has 4 rings (SSSR count). The lowest BCUT2D eigenvalue weighted by Gasteiger charge is -2.24. The molecule has 3 N–H and O–H groups in total. The SMILES string of the molecule is C[C@@H]1[C@@H](CO)O[C@@H](c2cc(-c3nccs3)c3c(N)ncnn23)[C@]1(C)F. The number of aromatic nitrogens is 4. The Balaban J connectivity index is 1.93. The van der Waals surface area contributed by atoms with Gasteiger partial charge >= 0.3 is 0 Å². The number of rotatable bonds is 3. The summed E-state index contributed by atoms with van der Waals surface area (Å²) in [7, 11) is 0. The average molecular weight is 363 g/mol. The highest BCUT2D eigenvalue weighted by atomic mass is 32.1. The average Bonchev–Trinajstić information content (AvgIpc) is 3.27. The van der Waals surface area contributed by atoms with Crippen molar-refractivity contribution in [2.45, 2.75) is 31.7 Å². The summed E-state index contributed by atoms with van der Waals surface area (Å²) in [5.41, 5.74) is 6.23. The minimum atomic E-state index is -1.67. The number of ether oxygens (including phenoxy) is 1. The molecule has 0 bridgehead atoms.